The van der Waals surface area contributed by atoms with E-state index in [1.54, 1.807) is 24.5 Å². The number of aromatic nitrogens is 4. The first-order valence-electron chi connectivity index (χ1n) is 12.8. The molecule has 1 aliphatic heterocycles. The lowest BCUT2D eigenvalue weighted by Crippen LogP contribution is -2.23. The van der Waals surface area contributed by atoms with Crippen LogP contribution >= 0.6 is 11.3 Å². The van der Waals surface area contributed by atoms with Crippen LogP contribution in [0.2, 0.25) is 0 Å². The van der Waals surface area contributed by atoms with Crippen LogP contribution in [-0.2, 0) is 10.0 Å². The van der Waals surface area contributed by atoms with Crippen molar-refractivity contribution in [2.75, 3.05) is 31.0 Å². The number of nitrogens with one attached hydrogen (secondary N) is 1. The number of thiazole rings is 1. The van der Waals surface area contributed by atoms with Gasteiger partial charge in [0.2, 0.25) is 15.9 Å². The van der Waals surface area contributed by atoms with Crippen molar-refractivity contribution in [2.24, 2.45) is 5.73 Å². The summed E-state index contributed by atoms with van der Waals surface area (Å²) >= 11 is 1.16. The van der Waals surface area contributed by atoms with Crippen LogP contribution in [0.15, 0.2) is 30.7 Å². The smallest absolute Gasteiger partial charge is 0.277 e. The molecule has 202 valence electrons. The van der Waals surface area contributed by atoms with Crippen LogP contribution in [0.4, 0.5) is 5.69 Å². The maximum Gasteiger partial charge on any atom is 0.277 e. The van der Waals surface area contributed by atoms with E-state index in [-0.39, 0.29) is 16.2 Å². The van der Waals surface area contributed by atoms with Crippen molar-refractivity contribution < 1.29 is 17.9 Å². The largest absolute Gasteiger partial charge is 0.477 e. The molecule has 1 saturated carbocycles. The minimum absolute atomic E-state index is 0.162. The number of carbonyl (C=O) groups excluding carboxylic acids is 1. The molecule has 0 radical (unpaired) electrons. The number of ether oxygens (including phenoxy) is 1. The Morgan fingerprint density at radius 1 is 1.26 bits per heavy atom. The molecule has 3 aromatic rings. The van der Waals surface area contributed by atoms with Crippen molar-refractivity contribution in [3.8, 4) is 16.5 Å². The summed E-state index contributed by atoms with van der Waals surface area (Å²) in [6.45, 7) is 5.16. The number of amides is 1. The summed E-state index contributed by atoms with van der Waals surface area (Å²) in [4.78, 5) is 33.4. The number of hydrogen-bond donors (Lipinski definition) is 2. The third kappa shape index (κ3) is 6.11. The number of anilines is 1. The second-order valence-electron chi connectivity index (χ2n) is 9.48. The summed E-state index contributed by atoms with van der Waals surface area (Å²) in [7, 11) is -3.43. The van der Waals surface area contributed by atoms with Gasteiger partial charge in [0.1, 0.15) is 5.69 Å². The zero-order chi connectivity index (χ0) is 26.7. The van der Waals surface area contributed by atoms with Crippen molar-refractivity contribution in [3.63, 3.8) is 0 Å². The van der Waals surface area contributed by atoms with E-state index >= 15 is 0 Å². The highest BCUT2D eigenvalue weighted by Crippen LogP contribution is 2.39. The monoisotopic (exact) mass is 557 g/mol. The van der Waals surface area contributed by atoms with Gasteiger partial charge in [0.15, 0.2) is 5.01 Å². The molecule has 5 rings (SSSR count). The molecule has 3 N–H and O–H groups in total. The molecule has 1 saturated heterocycles. The van der Waals surface area contributed by atoms with E-state index in [1.807, 2.05) is 6.92 Å². The molecule has 4 heterocycles. The quantitative estimate of drug-likeness (QED) is 0.342. The summed E-state index contributed by atoms with van der Waals surface area (Å²) in [6.07, 6.45) is 9.07. The summed E-state index contributed by atoms with van der Waals surface area (Å²) in [5.74, 6) is -0.598. The molecule has 1 aliphatic carbocycles. The van der Waals surface area contributed by atoms with Gasteiger partial charge < -0.3 is 15.4 Å². The van der Waals surface area contributed by atoms with Crippen molar-refractivity contribution in [1.29, 1.82) is 0 Å². The summed E-state index contributed by atoms with van der Waals surface area (Å²) in [5.41, 5.74) is 7.88. The Labute approximate surface area is 225 Å². The highest BCUT2D eigenvalue weighted by Gasteiger charge is 2.36. The average Bonchev–Trinajstić information content (AvgIpc) is 3.47. The van der Waals surface area contributed by atoms with Crippen LogP contribution in [0.1, 0.15) is 66.1 Å². The van der Waals surface area contributed by atoms with Gasteiger partial charge in [-0.2, -0.15) is 0 Å². The third-order valence-electron chi connectivity index (χ3n) is 6.63. The molecule has 11 nitrogen and oxygen atoms in total. The number of rotatable bonds is 12. The predicted octanol–water partition coefficient (Wildman–Crippen LogP) is 3.01. The van der Waals surface area contributed by atoms with E-state index < -0.39 is 15.9 Å². The summed E-state index contributed by atoms with van der Waals surface area (Å²) < 4.78 is 33.4. The van der Waals surface area contributed by atoms with Gasteiger partial charge in [-0.1, -0.05) is 0 Å². The number of sulfonamides is 1. The molecule has 1 unspecified atom stereocenters. The van der Waals surface area contributed by atoms with E-state index in [4.69, 9.17) is 10.5 Å². The van der Waals surface area contributed by atoms with Crippen molar-refractivity contribution in [3.05, 3.63) is 47.1 Å². The fourth-order valence-corrected chi connectivity index (χ4v) is 6.92. The number of pyridine rings is 1. The van der Waals surface area contributed by atoms with Crippen LogP contribution in [0.5, 0.6) is 5.88 Å². The maximum absolute atomic E-state index is 12.6. The summed E-state index contributed by atoms with van der Waals surface area (Å²) in [6, 6.07) is 3.40. The molecular formula is C25H31N7O4S2. The number of hydrogen-bond acceptors (Lipinski definition) is 10. The first-order chi connectivity index (χ1) is 18.3. The lowest BCUT2D eigenvalue weighted by atomic mass is 9.94. The first-order valence-corrected chi connectivity index (χ1v) is 15.2. The molecule has 2 fully saturated rings. The van der Waals surface area contributed by atoms with Gasteiger partial charge in [-0.25, -0.2) is 18.4 Å². The number of nitrogens with two attached hydrogens (primary N) is 1. The van der Waals surface area contributed by atoms with Crippen LogP contribution < -0.4 is 15.2 Å². The van der Waals surface area contributed by atoms with E-state index in [1.165, 1.54) is 6.20 Å². The lowest BCUT2D eigenvalue weighted by molar-refractivity contribution is 0.0999. The second kappa shape index (κ2) is 11.3. The molecule has 0 aromatic carbocycles. The average molecular weight is 558 g/mol. The Bertz CT molecular complexity index is 1400. The minimum atomic E-state index is -3.43. The van der Waals surface area contributed by atoms with E-state index in [2.05, 4.69) is 29.6 Å². The van der Waals surface area contributed by atoms with Gasteiger partial charge in [-0.05, 0) is 70.8 Å². The Balaban J connectivity index is 1.55. The lowest BCUT2D eigenvalue weighted by Gasteiger charge is -2.21. The molecule has 13 heteroatoms. The second-order valence-corrected chi connectivity index (χ2v) is 12.4. The predicted molar refractivity (Wildman–Crippen MR) is 145 cm³/mol. The fourth-order valence-electron chi connectivity index (χ4n) is 4.60. The van der Waals surface area contributed by atoms with Crippen LogP contribution in [0.25, 0.3) is 10.6 Å². The van der Waals surface area contributed by atoms with Gasteiger partial charge in [0, 0.05) is 12.1 Å². The normalized spacial score (nSPS) is 16.9. The molecule has 38 heavy (non-hydrogen) atoms. The van der Waals surface area contributed by atoms with Gasteiger partial charge >= 0.3 is 0 Å². The third-order valence-corrected chi connectivity index (χ3v) is 9.60. The van der Waals surface area contributed by atoms with Gasteiger partial charge in [-0.15, -0.1) is 11.3 Å². The van der Waals surface area contributed by atoms with Crippen LogP contribution in [0, 0.1) is 0 Å². The number of likely N-dealkylation sites (tertiary alicyclic amines) is 1. The number of nitrogens with zero attached hydrogens (tertiary/aromatic N) is 5. The molecule has 0 spiro atoms. The zero-order valence-electron chi connectivity index (χ0n) is 21.2. The van der Waals surface area contributed by atoms with Crippen molar-refractivity contribution in [2.45, 2.75) is 50.2 Å². The Morgan fingerprint density at radius 3 is 2.76 bits per heavy atom. The van der Waals surface area contributed by atoms with E-state index in [9.17, 15) is 13.2 Å². The highest BCUT2D eigenvalue weighted by atomic mass is 32.2. The minimum Gasteiger partial charge on any atom is -0.477 e. The van der Waals surface area contributed by atoms with Crippen LogP contribution in [-0.4, -0.2) is 70.7 Å². The number of carbonyl (C=O) groups is 1. The topological polar surface area (TPSA) is 153 Å². The first kappa shape index (κ1) is 26.4. The molecule has 0 bridgehead atoms. The maximum atomic E-state index is 12.6. The van der Waals surface area contributed by atoms with E-state index in [0.717, 1.165) is 43.8 Å². The highest BCUT2D eigenvalue weighted by molar-refractivity contribution is 7.93. The molecule has 1 atom stereocenters. The Hall–Kier alpha value is -3.16. The standard InChI is InChI=1S/C25H31N7O4S2/c1-2-36-21-15-27-14-20(29-21)23-22(30-25(37-23)24(26)33)18(8-12-32-10-3-4-11-32)19-13-16(7-9-28-19)31-38(34,35)17-5-6-17/h7,9,13-15,17-18H,2-6,8,10-12H2,1H3,(H2,26,33)(H,28,31). The zero-order valence-corrected chi connectivity index (χ0v) is 22.8. The fraction of sp³-hybridized carbons (Fsp3) is 0.480. The molecule has 2 aliphatic rings. The number of primary amides is 1. The Kier molecular flexibility index (Phi) is 7.86. The Morgan fingerprint density at radius 2 is 2.05 bits per heavy atom. The molecule has 1 amide bonds. The van der Waals surface area contributed by atoms with Gasteiger partial charge in [0.25, 0.3) is 5.91 Å². The SMILES string of the molecule is CCOc1cncc(-c2sc(C(N)=O)nc2C(CCN2CCCC2)c2cc(NS(=O)(=O)C3CC3)ccn2)n1. The molecule has 3 aromatic heterocycles. The van der Waals surface area contributed by atoms with Gasteiger partial charge in [-0.3, -0.25) is 19.5 Å². The van der Waals surface area contributed by atoms with Gasteiger partial charge in [0.05, 0.1) is 46.2 Å². The van der Waals surface area contributed by atoms with E-state index in [0.29, 0.717) is 59.4 Å². The van der Waals surface area contributed by atoms with Crippen molar-refractivity contribution >= 4 is 33.0 Å². The summed E-state index contributed by atoms with van der Waals surface area (Å²) in [5, 5.41) is -0.181. The van der Waals surface area contributed by atoms with Crippen LogP contribution in [0.3, 0.4) is 0 Å². The molecular weight excluding hydrogens is 526 g/mol. The van der Waals surface area contributed by atoms with Crippen molar-refractivity contribution in [1.82, 2.24) is 24.8 Å².